The molecule has 0 saturated carbocycles. The molecule has 2 aromatic heterocycles. The van der Waals surface area contributed by atoms with Gasteiger partial charge in [0.15, 0.2) is 5.82 Å². The maximum Gasteiger partial charge on any atom is 0.275 e. The Morgan fingerprint density at radius 3 is 2.83 bits per heavy atom. The van der Waals surface area contributed by atoms with Crippen LogP contribution in [0.15, 0.2) is 48.8 Å². The second-order valence-electron chi connectivity index (χ2n) is 5.31. The third kappa shape index (κ3) is 3.31. The molecule has 0 saturated heterocycles. The number of amides is 1. The highest BCUT2D eigenvalue weighted by atomic mass is 16.2. The number of rotatable bonds is 5. The number of aryl methyl sites for hydroxylation is 2. The molecule has 0 unspecified atom stereocenters. The van der Waals surface area contributed by atoms with Crippen LogP contribution in [0.1, 0.15) is 28.5 Å². The topological polar surface area (TPSA) is 64.7 Å². The lowest BCUT2D eigenvalue weighted by molar-refractivity contribution is 0.101. The van der Waals surface area contributed by atoms with Crippen LogP contribution in [0.2, 0.25) is 0 Å². The van der Waals surface area contributed by atoms with Gasteiger partial charge < -0.3 is 5.32 Å². The minimum Gasteiger partial charge on any atom is -0.304 e. The van der Waals surface area contributed by atoms with Crippen molar-refractivity contribution in [2.75, 3.05) is 5.32 Å². The smallest absolute Gasteiger partial charge is 0.275 e. The van der Waals surface area contributed by atoms with Gasteiger partial charge in [-0.1, -0.05) is 24.3 Å². The number of anilines is 1. The van der Waals surface area contributed by atoms with Crippen molar-refractivity contribution < 1.29 is 4.79 Å². The molecule has 2 heterocycles. The summed E-state index contributed by atoms with van der Waals surface area (Å²) in [5, 5.41) is 11.3. The van der Waals surface area contributed by atoms with Crippen LogP contribution in [0.4, 0.5) is 5.82 Å². The van der Waals surface area contributed by atoms with Gasteiger partial charge in [0.1, 0.15) is 5.69 Å². The number of benzene rings is 1. The number of carbonyl (C=O) groups is 1. The Kier molecular flexibility index (Phi) is 4.23. The summed E-state index contributed by atoms with van der Waals surface area (Å²) in [6, 6.07) is 11.7. The molecule has 1 N–H and O–H groups in total. The van der Waals surface area contributed by atoms with Crippen molar-refractivity contribution in [3.05, 3.63) is 65.6 Å². The van der Waals surface area contributed by atoms with Crippen LogP contribution in [0, 0.1) is 6.92 Å². The van der Waals surface area contributed by atoms with Crippen LogP contribution >= 0.6 is 0 Å². The zero-order valence-corrected chi connectivity index (χ0v) is 13.2. The lowest BCUT2D eigenvalue weighted by atomic mass is 10.1. The predicted molar refractivity (Wildman–Crippen MR) is 88.4 cm³/mol. The standard InChI is InChI=1S/C17H19N5O/c1-3-22-15(8-10-18-22)17(23)19-16-9-11-21(20-16)12-14-7-5-4-6-13(14)2/h4-11H,3,12H2,1-2H3,(H,19,20,23). The first-order chi connectivity index (χ1) is 11.2. The molecule has 0 fully saturated rings. The van der Waals surface area contributed by atoms with Gasteiger partial charge in [-0.25, -0.2) is 0 Å². The average molecular weight is 309 g/mol. The Morgan fingerprint density at radius 1 is 1.22 bits per heavy atom. The monoisotopic (exact) mass is 309 g/mol. The quantitative estimate of drug-likeness (QED) is 0.788. The molecule has 118 valence electrons. The molecular weight excluding hydrogens is 290 g/mol. The normalized spacial score (nSPS) is 10.7. The Bertz CT molecular complexity index is 818. The number of hydrogen-bond donors (Lipinski definition) is 1. The molecule has 23 heavy (non-hydrogen) atoms. The summed E-state index contributed by atoms with van der Waals surface area (Å²) in [4.78, 5) is 12.3. The molecule has 0 radical (unpaired) electrons. The summed E-state index contributed by atoms with van der Waals surface area (Å²) < 4.78 is 3.47. The third-order valence-corrected chi connectivity index (χ3v) is 3.72. The molecule has 0 aliphatic rings. The highest BCUT2D eigenvalue weighted by molar-refractivity contribution is 6.02. The van der Waals surface area contributed by atoms with Crippen molar-refractivity contribution in [1.82, 2.24) is 19.6 Å². The summed E-state index contributed by atoms with van der Waals surface area (Å²) in [6.45, 7) is 5.35. The average Bonchev–Trinajstić information content (AvgIpc) is 3.18. The maximum absolute atomic E-state index is 12.3. The van der Waals surface area contributed by atoms with Crippen LogP contribution in [-0.4, -0.2) is 25.5 Å². The first-order valence-electron chi connectivity index (χ1n) is 7.58. The molecule has 6 nitrogen and oxygen atoms in total. The van der Waals surface area contributed by atoms with Gasteiger partial charge in [-0.2, -0.15) is 10.2 Å². The zero-order chi connectivity index (χ0) is 16.2. The molecule has 6 heteroatoms. The summed E-state index contributed by atoms with van der Waals surface area (Å²) in [5.41, 5.74) is 2.96. The van der Waals surface area contributed by atoms with Gasteiger partial charge in [0.05, 0.1) is 6.54 Å². The van der Waals surface area contributed by atoms with Crippen molar-refractivity contribution in [3.63, 3.8) is 0 Å². The number of aromatic nitrogens is 4. The van der Waals surface area contributed by atoms with Crippen molar-refractivity contribution >= 4 is 11.7 Å². The highest BCUT2D eigenvalue weighted by Crippen LogP contribution is 2.11. The van der Waals surface area contributed by atoms with Gasteiger partial charge >= 0.3 is 0 Å². The number of nitrogens with one attached hydrogen (secondary N) is 1. The van der Waals surface area contributed by atoms with Gasteiger partial charge in [-0.15, -0.1) is 0 Å². The van der Waals surface area contributed by atoms with E-state index < -0.39 is 0 Å². The van der Waals surface area contributed by atoms with Gasteiger partial charge in [-0.3, -0.25) is 14.2 Å². The maximum atomic E-state index is 12.3. The first-order valence-corrected chi connectivity index (χ1v) is 7.58. The van der Waals surface area contributed by atoms with Crippen LogP contribution in [0.25, 0.3) is 0 Å². The second-order valence-corrected chi connectivity index (χ2v) is 5.31. The fourth-order valence-electron chi connectivity index (χ4n) is 2.44. The molecule has 0 spiro atoms. The van der Waals surface area contributed by atoms with Gasteiger partial charge in [0, 0.05) is 25.0 Å². The van der Waals surface area contributed by atoms with Crippen molar-refractivity contribution in [3.8, 4) is 0 Å². The molecule has 3 aromatic rings. The Morgan fingerprint density at radius 2 is 2.04 bits per heavy atom. The summed E-state index contributed by atoms with van der Waals surface area (Å²) >= 11 is 0. The first kappa shape index (κ1) is 15.0. The van der Waals surface area contributed by atoms with E-state index in [0.29, 0.717) is 24.6 Å². The van der Waals surface area contributed by atoms with Crippen molar-refractivity contribution in [1.29, 1.82) is 0 Å². The molecule has 0 aliphatic carbocycles. The Balaban J connectivity index is 1.70. The molecule has 0 atom stereocenters. The van der Waals surface area contributed by atoms with E-state index in [9.17, 15) is 4.79 Å². The van der Waals surface area contributed by atoms with Crippen LogP contribution in [0.3, 0.4) is 0 Å². The van der Waals surface area contributed by atoms with Crippen LogP contribution in [-0.2, 0) is 13.1 Å². The minimum atomic E-state index is -0.203. The molecule has 0 aliphatic heterocycles. The van der Waals surface area contributed by atoms with E-state index in [1.807, 2.05) is 29.9 Å². The summed E-state index contributed by atoms with van der Waals surface area (Å²) in [5.74, 6) is 0.331. The SMILES string of the molecule is CCn1nccc1C(=O)Nc1ccn(Cc2ccccc2C)n1. The van der Waals surface area contributed by atoms with E-state index in [-0.39, 0.29) is 5.91 Å². The largest absolute Gasteiger partial charge is 0.304 e. The lowest BCUT2D eigenvalue weighted by Crippen LogP contribution is -2.17. The molecule has 3 rings (SSSR count). The fraction of sp³-hybridized carbons (Fsp3) is 0.235. The van der Waals surface area contributed by atoms with E-state index in [1.165, 1.54) is 11.1 Å². The van der Waals surface area contributed by atoms with Gasteiger partial charge in [-0.05, 0) is 31.0 Å². The molecule has 1 amide bonds. The summed E-state index contributed by atoms with van der Waals surface area (Å²) in [6.07, 6.45) is 3.48. The third-order valence-electron chi connectivity index (χ3n) is 3.72. The van der Waals surface area contributed by atoms with E-state index in [2.05, 4.69) is 34.6 Å². The minimum absolute atomic E-state index is 0.203. The molecule has 1 aromatic carbocycles. The number of nitrogens with zero attached hydrogens (tertiary/aromatic N) is 4. The zero-order valence-electron chi connectivity index (χ0n) is 13.2. The van der Waals surface area contributed by atoms with Gasteiger partial charge in [0.2, 0.25) is 0 Å². The Labute approximate surface area is 134 Å². The predicted octanol–water partition coefficient (Wildman–Crippen LogP) is 2.71. The lowest BCUT2D eigenvalue weighted by Gasteiger charge is -2.06. The number of carbonyl (C=O) groups excluding carboxylic acids is 1. The van der Waals surface area contributed by atoms with E-state index in [4.69, 9.17) is 0 Å². The van der Waals surface area contributed by atoms with Crippen LogP contribution < -0.4 is 5.32 Å². The van der Waals surface area contributed by atoms with Gasteiger partial charge in [0.25, 0.3) is 5.91 Å². The van der Waals surface area contributed by atoms with E-state index in [1.54, 1.807) is 23.0 Å². The second kappa shape index (κ2) is 6.48. The van der Waals surface area contributed by atoms with Crippen molar-refractivity contribution in [2.45, 2.75) is 26.9 Å². The van der Waals surface area contributed by atoms with E-state index >= 15 is 0 Å². The Hall–Kier alpha value is -2.89. The highest BCUT2D eigenvalue weighted by Gasteiger charge is 2.12. The van der Waals surface area contributed by atoms with Crippen molar-refractivity contribution in [2.24, 2.45) is 0 Å². The number of hydrogen-bond acceptors (Lipinski definition) is 3. The summed E-state index contributed by atoms with van der Waals surface area (Å²) in [7, 11) is 0. The fourth-order valence-corrected chi connectivity index (χ4v) is 2.44. The van der Waals surface area contributed by atoms with E-state index in [0.717, 1.165) is 0 Å². The molecular formula is C17H19N5O. The molecule has 0 bridgehead atoms. The van der Waals surface area contributed by atoms with Crippen LogP contribution in [0.5, 0.6) is 0 Å².